The minimum absolute atomic E-state index is 0.173. The fraction of sp³-hybridized carbons (Fsp3) is 0.0833. The third-order valence-corrected chi connectivity index (χ3v) is 3.36. The van der Waals surface area contributed by atoms with Crippen LogP contribution in [0.25, 0.3) is 0 Å². The van der Waals surface area contributed by atoms with E-state index < -0.39 is 0 Å². The van der Waals surface area contributed by atoms with Gasteiger partial charge in [0.05, 0.1) is 18.4 Å². The van der Waals surface area contributed by atoms with Crippen LogP contribution in [0.1, 0.15) is 10.4 Å². The number of amides is 1. The first-order valence-electron chi connectivity index (χ1n) is 4.88. The van der Waals surface area contributed by atoms with Crippen LogP contribution in [0.15, 0.2) is 39.5 Å². The van der Waals surface area contributed by atoms with E-state index in [-0.39, 0.29) is 5.91 Å². The standard InChI is InChI=1S/C12H10BrNO2S/c1-16-11-6-8(13)2-3-10(11)12(15)14-9-4-5-17-7-9/h2-7H,1H3,(H,14,15). The lowest BCUT2D eigenvalue weighted by atomic mass is 10.2. The smallest absolute Gasteiger partial charge is 0.259 e. The molecule has 0 aliphatic heterocycles. The molecule has 0 unspecified atom stereocenters. The Labute approximate surface area is 112 Å². The van der Waals surface area contributed by atoms with Crippen molar-refractivity contribution in [2.24, 2.45) is 0 Å². The first kappa shape index (κ1) is 12.1. The lowest BCUT2D eigenvalue weighted by Gasteiger charge is -2.08. The van der Waals surface area contributed by atoms with Crippen molar-refractivity contribution < 1.29 is 9.53 Å². The van der Waals surface area contributed by atoms with Gasteiger partial charge >= 0.3 is 0 Å². The zero-order chi connectivity index (χ0) is 12.3. The summed E-state index contributed by atoms with van der Waals surface area (Å²) < 4.78 is 6.05. The van der Waals surface area contributed by atoms with E-state index in [0.717, 1.165) is 10.2 Å². The molecule has 0 spiro atoms. The zero-order valence-corrected chi connectivity index (χ0v) is 11.5. The molecule has 1 heterocycles. The molecule has 0 aliphatic carbocycles. The van der Waals surface area contributed by atoms with Gasteiger partial charge in [-0.2, -0.15) is 11.3 Å². The summed E-state index contributed by atoms with van der Waals surface area (Å²) in [5.41, 5.74) is 1.31. The van der Waals surface area contributed by atoms with Crippen molar-refractivity contribution in [3.8, 4) is 5.75 Å². The second-order valence-corrected chi connectivity index (χ2v) is 5.01. The summed E-state index contributed by atoms with van der Waals surface area (Å²) >= 11 is 4.87. The molecule has 5 heteroatoms. The summed E-state index contributed by atoms with van der Waals surface area (Å²) in [6, 6.07) is 7.16. The average Bonchev–Trinajstić information content (AvgIpc) is 2.81. The molecular weight excluding hydrogens is 302 g/mol. The summed E-state index contributed by atoms with van der Waals surface area (Å²) in [6.07, 6.45) is 0. The Kier molecular flexibility index (Phi) is 3.81. The molecule has 0 atom stereocenters. The Morgan fingerprint density at radius 3 is 2.88 bits per heavy atom. The van der Waals surface area contributed by atoms with E-state index in [1.807, 2.05) is 22.9 Å². The Morgan fingerprint density at radius 2 is 2.24 bits per heavy atom. The maximum absolute atomic E-state index is 12.0. The zero-order valence-electron chi connectivity index (χ0n) is 9.07. The molecule has 0 aliphatic rings. The number of carbonyl (C=O) groups excluding carboxylic acids is 1. The molecule has 2 aromatic rings. The van der Waals surface area contributed by atoms with Gasteiger partial charge in [0.1, 0.15) is 5.75 Å². The first-order valence-corrected chi connectivity index (χ1v) is 6.61. The van der Waals surface area contributed by atoms with Gasteiger partial charge < -0.3 is 10.1 Å². The van der Waals surface area contributed by atoms with Gasteiger partial charge in [-0.3, -0.25) is 4.79 Å². The second kappa shape index (κ2) is 5.33. The highest BCUT2D eigenvalue weighted by molar-refractivity contribution is 9.10. The highest BCUT2D eigenvalue weighted by Gasteiger charge is 2.12. The topological polar surface area (TPSA) is 38.3 Å². The highest BCUT2D eigenvalue weighted by atomic mass is 79.9. The fourth-order valence-electron chi connectivity index (χ4n) is 1.39. The largest absolute Gasteiger partial charge is 0.496 e. The number of benzene rings is 1. The van der Waals surface area contributed by atoms with E-state index in [2.05, 4.69) is 21.2 Å². The molecule has 1 amide bonds. The molecule has 88 valence electrons. The van der Waals surface area contributed by atoms with Crippen LogP contribution in [0.3, 0.4) is 0 Å². The number of ether oxygens (including phenoxy) is 1. The van der Waals surface area contributed by atoms with Crippen LogP contribution in [0.4, 0.5) is 5.69 Å². The normalized spacial score (nSPS) is 10.0. The third kappa shape index (κ3) is 2.87. The summed E-state index contributed by atoms with van der Waals surface area (Å²) in [5, 5.41) is 6.60. The van der Waals surface area contributed by atoms with Crippen LogP contribution in [0.5, 0.6) is 5.75 Å². The highest BCUT2D eigenvalue weighted by Crippen LogP contribution is 2.24. The minimum atomic E-state index is -0.173. The lowest BCUT2D eigenvalue weighted by molar-refractivity contribution is 0.102. The number of carbonyl (C=O) groups is 1. The molecule has 0 bridgehead atoms. The Bertz CT molecular complexity index is 525. The van der Waals surface area contributed by atoms with Crippen LogP contribution in [-0.2, 0) is 0 Å². The van der Waals surface area contributed by atoms with Crippen molar-refractivity contribution in [3.63, 3.8) is 0 Å². The molecular formula is C12H10BrNO2S. The van der Waals surface area contributed by atoms with Gasteiger partial charge in [-0.25, -0.2) is 0 Å². The molecule has 17 heavy (non-hydrogen) atoms. The van der Waals surface area contributed by atoms with E-state index in [1.165, 1.54) is 11.3 Å². The molecule has 2 rings (SSSR count). The van der Waals surface area contributed by atoms with Crippen LogP contribution in [-0.4, -0.2) is 13.0 Å². The van der Waals surface area contributed by atoms with Crippen LogP contribution >= 0.6 is 27.3 Å². The molecule has 3 nitrogen and oxygen atoms in total. The van der Waals surface area contributed by atoms with Gasteiger partial charge in [0.25, 0.3) is 5.91 Å². The van der Waals surface area contributed by atoms with Crippen molar-refractivity contribution in [2.75, 3.05) is 12.4 Å². The van der Waals surface area contributed by atoms with E-state index >= 15 is 0 Å². The predicted octanol–water partition coefficient (Wildman–Crippen LogP) is 3.77. The molecule has 0 fully saturated rings. The van der Waals surface area contributed by atoms with Gasteiger partial charge in [0, 0.05) is 9.85 Å². The van der Waals surface area contributed by atoms with Crippen LogP contribution in [0.2, 0.25) is 0 Å². The summed E-state index contributed by atoms with van der Waals surface area (Å²) in [5.74, 6) is 0.375. The second-order valence-electron chi connectivity index (χ2n) is 3.31. The molecule has 0 saturated heterocycles. The Balaban J connectivity index is 2.24. The van der Waals surface area contributed by atoms with Crippen molar-refractivity contribution in [1.82, 2.24) is 0 Å². The minimum Gasteiger partial charge on any atom is -0.496 e. The average molecular weight is 312 g/mol. The van der Waals surface area contributed by atoms with E-state index in [9.17, 15) is 4.79 Å². The molecule has 1 N–H and O–H groups in total. The number of hydrogen-bond acceptors (Lipinski definition) is 3. The van der Waals surface area contributed by atoms with E-state index in [0.29, 0.717) is 11.3 Å². The van der Waals surface area contributed by atoms with Gasteiger partial charge in [0.2, 0.25) is 0 Å². The quantitative estimate of drug-likeness (QED) is 0.937. The molecule has 1 aromatic carbocycles. The van der Waals surface area contributed by atoms with Gasteiger partial charge in [-0.1, -0.05) is 15.9 Å². The summed E-state index contributed by atoms with van der Waals surface area (Å²) in [6.45, 7) is 0. The third-order valence-electron chi connectivity index (χ3n) is 2.19. The number of rotatable bonds is 3. The SMILES string of the molecule is COc1cc(Br)ccc1C(=O)Nc1ccsc1. The van der Waals surface area contributed by atoms with Crippen LogP contribution in [0, 0.1) is 0 Å². The summed E-state index contributed by atoms with van der Waals surface area (Å²) in [7, 11) is 1.54. The van der Waals surface area contributed by atoms with E-state index in [1.54, 1.807) is 19.2 Å². The molecule has 1 aromatic heterocycles. The maximum Gasteiger partial charge on any atom is 0.259 e. The predicted molar refractivity (Wildman–Crippen MR) is 73.0 cm³/mol. The number of thiophene rings is 1. The van der Waals surface area contributed by atoms with Gasteiger partial charge in [0.15, 0.2) is 0 Å². The van der Waals surface area contributed by atoms with Crippen molar-refractivity contribution >= 4 is 38.9 Å². The number of hydrogen-bond donors (Lipinski definition) is 1. The Morgan fingerprint density at radius 1 is 1.41 bits per heavy atom. The first-order chi connectivity index (χ1) is 8.20. The maximum atomic E-state index is 12.0. The number of anilines is 1. The molecule has 0 radical (unpaired) electrons. The fourth-order valence-corrected chi connectivity index (χ4v) is 2.31. The molecule has 0 saturated carbocycles. The Hall–Kier alpha value is -1.33. The lowest BCUT2D eigenvalue weighted by Crippen LogP contribution is -2.12. The summed E-state index contributed by atoms with van der Waals surface area (Å²) in [4.78, 5) is 12.0. The monoisotopic (exact) mass is 311 g/mol. The van der Waals surface area contributed by atoms with Gasteiger partial charge in [-0.15, -0.1) is 0 Å². The van der Waals surface area contributed by atoms with Crippen molar-refractivity contribution in [3.05, 3.63) is 45.1 Å². The van der Waals surface area contributed by atoms with Crippen molar-refractivity contribution in [2.45, 2.75) is 0 Å². The van der Waals surface area contributed by atoms with Crippen LogP contribution < -0.4 is 10.1 Å². The number of halogens is 1. The van der Waals surface area contributed by atoms with E-state index in [4.69, 9.17) is 4.74 Å². The number of nitrogens with one attached hydrogen (secondary N) is 1. The number of methoxy groups -OCH3 is 1. The van der Waals surface area contributed by atoms with Gasteiger partial charge in [-0.05, 0) is 29.6 Å². The van der Waals surface area contributed by atoms with Crippen molar-refractivity contribution in [1.29, 1.82) is 0 Å².